The molecule has 1 fully saturated rings. The molecule has 2 atom stereocenters. The Labute approximate surface area is 143 Å². The molecule has 1 aromatic carbocycles. The van der Waals surface area contributed by atoms with E-state index in [9.17, 15) is 22.8 Å². The summed E-state index contributed by atoms with van der Waals surface area (Å²) in [5, 5.41) is 8.80. The number of hydrogen-bond acceptors (Lipinski definition) is 3. The summed E-state index contributed by atoms with van der Waals surface area (Å²) in [5.74, 6) is -1.39. The lowest BCUT2D eigenvalue weighted by molar-refractivity contribution is -0.147. The second-order valence-corrected chi connectivity index (χ2v) is 6.16. The number of carboxylic acid groups (broad SMARTS) is 1. The van der Waals surface area contributed by atoms with E-state index >= 15 is 0 Å². The van der Waals surface area contributed by atoms with Crippen molar-refractivity contribution in [2.45, 2.75) is 38.0 Å². The third kappa shape index (κ3) is 5.45. The van der Waals surface area contributed by atoms with E-state index in [0.29, 0.717) is 12.1 Å². The van der Waals surface area contributed by atoms with Crippen LogP contribution in [-0.2, 0) is 20.5 Å². The molecule has 0 aliphatic carbocycles. The van der Waals surface area contributed by atoms with Gasteiger partial charge in [0.15, 0.2) is 0 Å². The molecule has 1 heterocycles. The van der Waals surface area contributed by atoms with Crippen LogP contribution in [0.5, 0.6) is 0 Å². The molecule has 0 aromatic heterocycles. The van der Waals surface area contributed by atoms with Gasteiger partial charge in [0.1, 0.15) is 0 Å². The maximum atomic E-state index is 12.6. The lowest BCUT2D eigenvalue weighted by atomic mass is 9.96. The quantitative estimate of drug-likeness (QED) is 0.878. The van der Waals surface area contributed by atoms with Crippen molar-refractivity contribution in [2.75, 3.05) is 19.7 Å². The van der Waals surface area contributed by atoms with Crippen LogP contribution in [0.3, 0.4) is 0 Å². The molecule has 0 bridgehead atoms. The molecule has 0 saturated carbocycles. The molecule has 0 radical (unpaired) electrons. The number of carbonyl (C=O) groups is 2. The number of benzene rings is 1. The molecule has 5 nitrogen and oxygen atoms in total. The Bertz CT molecular complexity index is 615. The first-order valence-electron chi connectivity index (χ1n) is 7.95. The Hall–Kier alpha value is -2.09. The number of aliphatic carboxylic acids is 1. The highest BCUT2D eigenvalue weighted by Gasteiger charge is 2.30. The summed E-state index contributed by atoms with van der Waals surface area (Å²) in [6, 6.07) is 4.78. The first-order valence-corrected chi connectivity index (χ1v) is 7.95. The van der Waals surface area contributed by atoms with Crippen LogP contribution >= 0.6 is 0 Å². The van der Waals surface area contributed by atoms with Crippen molar-refractivity contribution in [3.8, 4) is 0 Å². The SMILES string of the molecule is C[C@H](CC(=O)N1CCO[C@@H](CC(=O)O)C1)c1ccc(C(F)(F)F)cc1. The molecule has 1 N–H and O–H groups in total. The van der Waals surface area contributed by atoms with Crippen LogP contribution in [0.15, 0.2) is 24.3 Å². The molecule has 0 unspecified atom stereocenters. The maximum Gasteiger partial charge on any atom is 0.416 e. The summed E-state index contributed by atoms with van der Waals surface area (Å²) in [7, 11) is 0. The van der Waals surface area contributed by atoms with Crippen molar-refractivity contribution >= 4 is 11.9 Å². The van der Waals surface area contributed by atoms with Gasteiger partial charge in [0.2, 0.25) is 5.91 Å². The lowest BCUT2D eigenvalue weighted by Crippen LogP contribution is -2.46. The lowest BCUT2D eigenvalue weighted by Gasteiger charge is -2.33. The first-order chi connectivity index (χ1) is 11.7. The number of alkyl halides is 3. The highest BCUT2D eigenvalue weighted by molar-refractivity contribution is 5.77. The average Bonchev–Trinajstić information content (AvgIpc) is 2.53. The molecule has 1 saturated heterocycles. The largest absolute Gasteiger partial charge is 0.481 e. The van der Waals surface area contributed by atoms with Crippen molar-refractivity contribution in [3.05, 3.63) is 35.4 Å². The van der Waals surface area contributed by atoms with Crippen molar-refractivity contribution in [3.63, 3.8) is 0 Å². The second-order valence-electron chi connectivity index (χ2n) is 6.16. The van der Waals surface area contributed by atoms with Crippen LogP contribution < -0.4 is 0 Å². The number of morpholine rings is 1. The van der Waals surface area contributed by atoms with Crippen LogP contribution in [0.4, 0.5) is 13.2 Å². The van der Waals surface area contributed by atoms with Crippen LogP contribution in [0.1, 0.15) is 36.8 Å². The zero-order valence-corrected chi connectivity index (χ0v) is 13.8. The normalized spacial score (nSPS) is 19.5. The van der Waals surface area contributed by atoms with Gasteiger partial charge in [-0.2, -0.15) is 13.2 Å². The van der Waals surface area contributed by atoms with Gasteiger partial charge >= 0.3 is 12.1 Å². The Kier molecular flexibility index (Phi) is 6.05. The molecular weight excluding hydrogens is 339 g/mol. The minimum Gasteiger partial charge on any atom is -0.481 e. The summed E-state index contributed by atoms with van der Waals surface area (Å²) in [6.07, 6.45) is -4.94. The van der Waals surface area contributed by atoms with E-state index in [1.807, 2.05) is 0 Å². The number of carbonyl (C=O) groups excluding carboxylic acids is 1. The number of rotatable bonds is 5. The van der Waals surface area contributed by atoms with E-state index < -0.39 is 23.8 Å². The van der Waals surface area contributed by atoms with E-state index in [4.69, 9.17) is 9.84 Å². The second kappa shape index (κ2) is 7.86. The Morgan fingerprint density at radius 3 is 2.52 bits per heavy atom. The molecule has 2 rings (SSSR count). The van der Waals surface area contributed by atoms with Crippen molar-refractivity contribution < 1.29 is 32.6 Å². The molecule has 8 heteroatoms. The summed E-state index contributed by atoms with van der Waals surface area (Å²) in [6.45, 7) is 2.65. The van der Waals surface area contributed by atoms with Crippen molar-refractivity contribution in [1.29, 1.82) is 0 Å². The monoisotopic (exact) mass is 359 g/mol. The summed E-state index contributed by atoms with van der Waals surface area (Å²) < 4.78 is 43.1. The van der Waals surface area contributed by atoms with Crippen molar-refractivity contribution in [2.24, 2.45) is 0 Å². The zero-order valence-electron chi connectivity index (χ0n) is 13.8. The maximum absolute atomic E-state index is 12.6. The fourth-order valence-corrected chi connectivity index (χ4v) is 2.77. The van der Waals surface area contributed by atoms with E-state index in [-0.39, 0.29) is 37.8 Å². The molecular formula is C17H20F3NO4. The summed E-state index contributed by atoms with van der Waals surface area (Å²) >= 11 is 0. The highest BCUT2D eigenvalue weighted by atomic mass is 19.4. The van der Waals surface area contributed by atoms with Gasteiger partial charge in [-0.1, -0.05) is 19.1 Å². The smallest absolute Gasteiger partial charge is 0.416 e. The third-order valence-corrected chi connectivity index (χ3v) is 4.18. The molecule has 1 aliphatic heterocycles. The molecule has 1 aromatic rings. The minimum atomic E-state index is -4.38. The minimum absolute atomic E-state index is 0.144. The van der Waals surface area contributed by atoms with Crippen LogP contribution in [0, 0.1) is 0 Å². The fraction of sp³-hybridized carbons (Fsp3) is 0.529. The summed E-state index contributed by atoms with van der Waals surface area (Å²) in [5.41, 5.74) is -0.0730. The van der Waals surface area contributed by atoms with Crippen LogP contribution in [0.2, 0.25) is 0 Å². The number of ether oxygens (including phenoxy) is 1. The standard InChI is InChI=1S/C17H20F3NO4/c1-11(12-2-4-13(5-3-12)17(18,19)20)8-15(22)21-6-7-25-14(10-21)9-16(23)24/h2-5,11,14H,6-10H2,1H3,(H,23,24)/t11-,14+/m1/s1. The van der Waals surface area contributed by atoms with Gasteiger partial charge in [0.05, 0.1) is 24.7 Å². The Balaban J connectivity index is 1.94. The molecule has 1 amide bonds. The number of amides is 1. The van der Waals surface area contributed by atoms with Gasteiger partial charge in [0, 0.05) is 19.5 Å². The van der Waals surface area contributed by atoms with E-state index in [2.05, 4.69) is 0 Å². The van der Waals surface area contributed by atoms with Crippen LogP contribution in [0.25, 0.3) is 0 Å². The zero-order chi connectivity index (χ0) is 18.6. The fourth-order valence-electron chi connectivity index (χ4n) is 2.77. The number of halogens is 3. The third-order valence-electron chi connectivity index (χ3n) is 4.18. The topological polar surface area (TPSA) is 66.8 Å². The predicted molar refractivity (Wildman–Crippen MR) is 83.0 cm³/mol. The predicted octanol–water partition coefficient (Wildman–Crippen LogP) is 2.90. The Morgan fingerprint density at radius 2 is 1.96 bits per heavy atom. The van der Waals surface area contributed by atoms with Crippen LogP contribution in [-0.4, -0.2) is 47.7 Å². The Morgan fingerprint density at radius 1 is 1.32 bits per heavy atom. The van der Waals surface area contributed by atoms with Gasteiger partial charge in [0.25, 0.3) is 0 Å². The molecule has 25 heavy (non-hydrogen) atoms. The van der Waals surface area contributed by atoms with E-state index in [0.717, 1.165) is 12.1 Å². The highest BCUT2D eigenvalue weighted by Crippen LogP contribution is 2.30. The van der Waals surface area contributed by atoms with Gasteiger partial charge in [-0.05, 0) is 23.6 Å². The van der Waals surface area contributed by atoms with E-state index in [1.165, 1.54) is 12.1 Å². The molecule has 138 valence electrons. The number of hydrogen-bond donors (Lipinski definition) is 1. The van der Waals surface area contributed by atoms with Gasteiger partial charge in [-0.3, -0.25) is 9.59 Å². The van der Waals surface area contributed by atoms with Gasteiger partial charge < -0.3 is 14.7 Å². The molecule has 0 spiro atoms. The van der Waals surface area contributed by atoms with Crippen molar-refractivity contribution in [1.82, 2.24) is 4.90 Å². The first kappa shape index (κ1) is 19.2. The number of carboxylic acids is 1. The molecule has 1 aliphatic rings. The van der Waals surface area contributed by atoms with Gasteiger partial charge in [-0.25, -0.2) is 0 Å². The van der Waals surface area contributed by atoms with Gasteiger partial charge in [-0.15, -0.1) is 0 Å². The summed E-state index contributed by atoms with van der Waals surface area (Å²) in [4.78, 5) is 24.7. The van der Waals surface area contributed by atoms with E-state index in [1.54, 1.807) is 11.8 Å². The number of nitrogens with zero attached hydrogens (tertiary/aromatic N) is 1. The average molecular weight is 359 g/mol.